The highest BCUT2D eigenvalue weighted by Crippen LogP contribution is 2.35. The molecule has 6 nitrogen and oxygen atoms in total. The van der Waals surface area contributed by atoms with Crippen LogP contribution in [0.4, 0.5) is 11.4 Å². The Morgan fingerprint density at radius 3 is 2.84 bits per heavy atom. The van der Waals surface area contributed by atoms with Gasteiger partial charge in [-0.05, 0) is 18.2 Å². The van der Waals surface area contributed by atoms with Crippen molar-refractivity contribution in [2.75, 3.05) is 12.1 Å². The summed E-state index contributed by atoms with van der Waals surface area (Å²) in [7, 11) is 0. The number of anilines is 2. The standard InChI is InChI=1S/C13H10N2O4/c16-13(17)8-3-10(6-14-5-8)15-9-1-2-11-12(4-9)19-7-18-11/h1-6,15H,7H2,(H,16,17). The molecule has 0 saturated carbocycles. The van der Waals surface area contributed by atoms with E-state index in [1.165, 1.54) is 12.3 Å². The van der Waals surface area contributed by atoms with Crippen molar-refractivity contribution in [3.63, 3.8) is 0 Å². The number of nitrogens with zero attached hydrogens (tertiary/aromatic N) is 1. The topological polar surface area (TPSA) is 80.7 Å². The normalized spacial score (nSPS) is 12.2. The van der Waals surface area contributed by atoms with Gasteiger partial charge in [-0.2, -0.15) is 0 Å². The Hall–Kier alpha value is -2.76. The predicted molar refractivity (Wildman–Crippen MR) is 67.0 cm³/mol. The van der Waals surface area contributed by atoms with Crippen LogP contribution in [0.2, 0.25) is 0 Å². The number of carboxylic acid groups (broad SMARTS) is 1. The lowest BCUT2D eigenvalue weighted by atomic mass is 10.2. The SMILES string of the molecule is O=C(O)c1cncc(Nc2ccc3c(c2)OCO3)c1. The zero-order valence-electron chi connectivity index (χ0n) is 9.79. The third kappa shape index (κ3) is 2.28. The van der Waals surface area contributed by atoms with Crippen molar-refractivity contribution in [2.24, 2.45) is 0 Å². The lowest BCUT2D eigenvalue weighted by molar-refractivity contribution is 0.0696. The molecule has 0 spiro atoms. The molecule has 1 aromatic heterocycles. The summed E-state index contributed by atoms with van der Waals surface area (Å²) in [6.45, 7) is 0.217. The fourth-order valence-electron chi connectivity index (χ4n) is 1.77. The van der Waals surface area contributed by atoms with Crippen molar-refractivity contribution in [1.29, 1.82) is 0 Å². The smallest absolute Gasteiger partial charge is 0.337 e. The second kappa shape index (κ2) is 4.49. The van der Waals surface area contributed by atoms with Crippen LogP contribution in [-0.2, 0) is 0 Å². The lowest BCUT2D eigenvalue weighted by Gasteiger charge is -2.07. The van der Waals surface area contributed by atoms with Gasteiger partial charge in [0.05, 0.1) is 17.4 Å². The van der Waals surface area contributed by atoms with Crippen LogP contribution < -0.4 is 14.8 Å². The highest BCUT2D eigenvalue weighted by atomic mass is 16.7. The van der Waals surface area contributed by atoms with Crippen LogP contribution in [0, 0.1) is 0 Å². The summed E-state index contributed by atoms with van der Waals surface area (Å²) in [5.74, 6) is 0.345. The van der Waals surface area contributed by atoms with E-state index in [0.29, 0.717) is 17.2 Å². The molecule has 1 aliphatic heterocycles. The number of nitrogens with one attached hydrogen (secondary N) is 1. The van der Waals surface area contributed by atoms with Crippen LogP contribution in [0.15, 0.2) is 36.7 Å². The van der Waals surface area contributed by atoms with Crippen molar-refractivity contribution in [2.45, 2.75) is 0 Å². The number of carbonyl (C=O) groups is 1. The summed E-state index contributed by atoms with van der Waals surface area (Å²) >= 11 is 0. The molecule has 6 heteroatoms. The average Bonchev–Trinajstić information content (AvgIpc) is 2.86. The van der Waals surface area contributed by atoms with E-state index in [1.54, 1.807) is 18.3 Å². The van der Waals surface area contributed by atoms with Gasteiger partial charge in [0, 0.05) is 18.0 Å². The van der Waals surface area contributed by atoms with Gasteiger partial charge in [0.2, 0.25) is 6.79 Å². The van der Waals surface area contributed by atoms with Gasteiger partial charge in [-0.25, -0.2) is 4.79 Å². The zero-order valence-corrected chi connectivity index (χ0v) is 9.79. The Morgan fingerprint density at radius 2 is 2.00 bits per heavy atom. The zero-order chi connectivity index (χ0) is 13.2. The van der Waals surface area contributed by atoms with Crippen LogP contribution in [0.5, 0.6) is 11.5 Å². The Bertz CT molecular complexity index is 642. The van der Waals surface area contributed by atoms with E-state index in [0.717, 1.165) is 5.69 Å². The van der Waals surface area contributed by atoms with Crippen LogP contribution >= 0.6 is 0 Å². The van der Waals surface area contributed by atoms with Crippen molar-refractivity contribution >= 4 is 17.3 Å². The minimum atomic E-state index is -1.01. The van der Waals surface area contributed by atoms with Gasteiger partial charge >= 0.3 is 5.97 Å². The third-order valence-electron chi connectivity index (χ3n) is 2.65. The van der Waals surface area contributed by atoms with Gasteiger partial charge in [-0.1, -0.05) is 0 Å². The molecule has 0 unspecified atom stereocenters. The second-order valence-corrected chi connectivity index (χ2v) is 3.96. The molecule has 0 amide bonds. The maximum Gasteiger partial charge on any atom is 0.337 e. The molecule has 0 bridgehead atoms. The first-order valence-corrected chi connectivity index (χ1v) is 5.57. The molecular weight excluding hydrogens is 248 g/mol. The van der Waals surface area contributed by atoms with Crippen molar-refractivity contribution in [3.05, 3.63) is 42.2 Å². The number of aromatic nitrogens is 1. The van der Waals surface area contributed by atoms with Gasteiger partial charge in [-0.3, -0.25) is 4.98 Å². The fraction of sp³-hybridized carbons (Fsp3) is 0.0769. The first-order chi connectivity index (χ1) is 9.22. The molecule has 0 fully saturated rings. The van der Waals surface area contributed by atoms with E-state index in [1.807, 2.05) is 6.07 Å². The summed E-state index contributed by atoms with van der Waals surface area (Å²) in [4.78, 5) is 14.7. The number of ether oxygens (including phenoxy) is 2. The molecular formula is C13H10N2O4. The van der Waals surface area contributed by atoms with Gasteiger partial charge in [0.15, 0.2) is 11.5 Å². The van der Waals surface area contributed by atoms with Gasteiger partial charge in [0.1, 0.15) is 0 Å². The first kappa shape index (κ1) is 11.3. The number of rotatable bonds is 3. The van der Waals surface area contributed by atoms with Gasteiger partial charge < -0.3 is 19.9 Å². The van der Waals surface area contributed by atoms with Gasteiger partial charge in [0.25, 0.3) is 0 Å². The highest BCUT2D eigenvalue weighted by Gasteiger charge is 2.13. The Kier molecular flexibility index (Phi) is 2.68. The van der Waals surface area contributed by atoms with E-state index in [4.69, 9.17) is 14.6 Å². The fourth-order valence-corrected chi connectivity index (χ4v) is 1.77. The first-order valence-electron chi connectivity index (χ1n) is 5.57. The minimum absolute atomic E-state index is 0.130. The molecule has 19 heavy (non-hydrogen) atoms. The number of benzene rings is 1. The van der Waals surface area contributed by atoms with Crippen molar-refractivity contribution < 1.29 is 19.4 Å². The summed E-state index contributed by atoms with van der Waals surface area (Å²) in [6.07, 6.45) is 2.85. The molecule has 1 aliphatic rings. The number of aromatic carboxylic acids is 1. The second-order valence-electron chi connectivity index (χ2n) is 3.96. The van der Waals surface area contributed by atoms with Crippen LogP contribution in [0.3, 0.4) is 0 Å². The molecule has 2 aromatic rings. The van der Waals surface area contributed by atoms with Crippen molar-refractivity contribution in [3.8, 4) is 11.5 Å². The average molecular weight is 258 g/mol. The quantitative estimate of drug-likeness (QED) is 0.878. The molecule has 0 aliphatic carbocycles. The highest BCUT2D eigenvalue weighted by molar-refractivity contribution is 5.88. The van der Waals surface area contributed by atoms with E-state index in [2.05, 4.69) is 10.3 Å². The maximum absolute atomic E-state index is 10.9. The molecule has 0 saturated heterocycles. The van der Waals surface area contributed by atoms with Crippen LogP contribution in [-0.4, -0.2) is 22.9 Å². The van der Waals surface area contributed by atoms with E-state index in [9.17, 15) is 4.79 Å². The molecule has 2 N–H and O–H groups in total. The summed E-state index contributed by atoms with van der Waals surface area (Å²) < 4.78 is 10.5. The van der Waals surface area contributed by atoms with E-state index >= 15 is 0 Å². The maximum atomic E-state index is 10.9. The predicted octanol–water partition coefficient (Wildman–Crippen LogP) is 2.25. The Balaban J connectivity index is 1.85. The number of fused-ring (bicyclic) bond motifs is 1. The van der Waals surface area contributed by atoms with Crippen LogP contribution in [0.25, 0.3) is 0 Å². The molecule has 0 atom stereocenters. The largest absolute Gasteiger partial charge is 0.478 e. The number of pyridine rings is 1. The Labute approximate surface area is 108 Å². The summed E-state index contributed by atoms with van der Waals surface area (Å²) in [5, 5.41) is 12.0. The number of hydrogen-bond acceptors (Lipinski definition) is 5. The van der Waals surface area contributed by atoms with E-state index < -0.39 is 5.97 Å². The molecule has 3 rings (SSSR count). The molecule has 1 aromatic carbocycles. The number of hydrogen-bond donors (Lipinski definition) is 2. The van der Waals surface area contributed by atoms with Crippen molar-refractivity contribution in [1.82, 2.24) is 4.98 Å². The Morgan fingerprint density at radius 1 is 1.16 bits per heavy atom. The third-order valence-corrected chi connectivity index (χ3v) is 2.65. The molecule has 96 valence electrons. The minimum Gasteiger partial charge on any atom is -0.478 e. The monoisotopic (exact) mass is 258 g/mol. The number of carboxylic acids is 1. The molecule has 2 heterocycles. The summed E-state index contributed by atoms with van der Waals surface area (Å²) in [6, 6.07) is 6.91. The van der Waals surface area contributed by atoms with E-state index in [-0.39, 0.29) is 12.4 Å². The summed E-state index contributed by atoms with van der Waals surface area (Å²) in [5.41, 5.74) is 1.50. The van der Waals surface area contributed by atoms with Gasteiger partial charge in [-0.15, -0.1) is 0 Å². The molecule has 0 radical (unpaired) electrons. The lowest BCUT2D eigenvalue weighted by Crippen LogP contribution is -1.99. The van der Waals surface area contributed by atoms with Crippen LogP contribution in [0.1, 0.15) is 10.4 Å².